The minimum Gasteiger partial charge on any atom is -0.469 e. The van der Waals surface area contributed by atoms with Crippen molar-refractivity contribution in [1.82, 2.24) is 0 Å². The summed E-state index contributed by atoms with van der Waals surface area (Å²) in [6.45, 7) is 1.50. The quantitative estimate of drug-likeness (QED) is 0.601. The zero-order valence-electron chi connectivity index (χ0n) is 9.50. The van der Waals surface area contributed by atoms with E-state index < -0.39 is 29.3 Å². The fraction of sp³-hybridized carbons (Fsp3) is 0.333. The van der Waals surface area contributed by atoms with Crippen molar-refractivity contribution in [2.24, 2.45) is 5.92 Å². The molecule has 92 valence electrons. The number of carbonyl (C=O) groups is 2. The summed E-state index contributed by atoms with van der Waals surface area (Å²) < 4.78 is 30.2. The SMILES string of the molecule is COC(=O)CC(C)C(=O)c1cc(F)cc(F)c1. The first-order chi connectivity index (χ1) is 7.93. The molecular weight excluding hydrogens is 230 g/mol. The third kappa shape index (κ3) is 3.62. The van der Waals surface area contributed by atoms with E-state index in [0.717, 1.165) is 12.1 Å². The molecule has 1 unspecified atom stereocenters. The van der Waals surface area contributed by atoms with Crippen LogP contribution in [-0.4, -0.2) is 18.9 Å². The van der Waals surface area contributed by atoms with Gasteiger partial charge >= 0.3 is 5.97 Å². The molecule has 0 aliphatic carbocycles. The molecule has 0 heterocycles. The van der Waals surface area contributed by atoms with Crippen LogP contribution >= 0.6 is 0 Å². The van der Waals surface area contributed by atoms with Crippen molar-refractivity contribution in [2.75, 3.05) is 7.11 Å². The molecule has 1 atom stereocenters. The van der Waals surface area contributed by atoms with Gasteiger partial charge in [-0.15, -0.1) is 0 Å². The molecular formula is C12H12F2O3. The summed E-state index contributed by atoms with van der Waals surface area (Å²) in [7, 11) is 1.21. The number of halogens is 2. The van der Waals surface area contributed by atoms with Crippen LogP contribution in [0, 0.1) is 17.6 Å². The molecule has 0 saturated carbocycles. The first-order valence-electron chi connectivity index (χ1n) is 5.01. The molecule has 0 bridgehead atoms. The molecule has 0 fully saturated rings. The largest absolute Gasteiger partial charge is 0.469 e. The Morgan fingerprint density at radius 2 is 1.76 bits per heavy atom. The lowest BCUT2D eigenvalue weighted by molar-refractivity contribution is -0.141. The molecule has 0 spiro atoms. The molecule has 0 radical (unpaired) electrons. The fourth-order valence-electron chi connectivity index (χ4n) is 1.41. The molecule has 0 amide bonds. The Bertz CT molecular complexity index is 423. The van der Waals surface area contributed by atoms with Crippen LogP contribution in [0.1, 0.15) is 23.7 Å². The van der Waals surface area contributed by atoms with Crippen molar-refractivity contribution in [3.63, 3.8) is 0 Å². The summed E-state index contributed by atoms with van der Waals surface area (Å²) in [6.07, 6.45) is -0.118. The molecule has 0 saturated heterocycles. The lowest BCUT2D eigenvalue weighted by Gasteiger charge is -2.09. The third-order valence-corrected chi connectivity index (χ3v) is 2.30. The van der Waals surface area contributed by atoms with Gasteiger partial charge in [-0.3, -0.25) is 9.59 Å². The van der Waals surface area contributed by atoms with E-state index in [9.17, 15) is 18.4 Å². The number of rotatable bonds is 4. The van der Waals surface area contributed by atoms with Crippen molar-refractivity contribution in [1.29, 1.82) is 0 Å². The molecule has 0 N–H and O–H groups in total. The molecule has 1 rings (SSSR count). The highest BCUT2D eigenvalue weighted by atomic mass is 19.1. The summed E-state index contributed by atoms with van der Waals surface area (Å²) in [5.41, 5.74) is -0.0843. The van der Waals surface area contributed by atoms with Gasteiger partial charge in [0, 0.05) is 17.5 Å². The molecule has 3 nitrogen and oxygen atoms in total. The molecule has 0 aliphatic heterocycles. The van der Waals surface area contributed by atoms with Gasteiger partial charge in [0.2, 0.25) is 0 Å². The molecule has 1 aromatic carbocycles. The van der Waals surface area contributed by atoms with Gasteiger partial charge < -0.3 is 4.74 Å². The van der Waals surface area contributed by atoms with Gasteiger partial charge in [0.1, 0.15) is 11.6 Å². The second-order valence-electron chi connectivity index (χ2n) is 3.70. The van der Waals surface area contributed by atoms with E-state index in [4.69, 9.17) is 0 Å². The van der Waals surface area contributed by atoms with E-state index in [1.165, 1.54) is 14.0 Å². The van der Waals surface area contributed by atoms with Crippen LogP contribution in [-0.2, 0) is 9.53 Å². The predicted molar refractivity (Wildman–Crippen MR) is 56.5 cm³/mol. The third-order valence-electron chi connectivity index (χ3n) is 2.30. The average Bonchev–Trinajstić information content (AvgIpc) is 2.26. The standard InChI is InChI=1S/C12H12F2O3/c1-7(3-11(15)17-2)12(16)8-4-9(13)6-10(14)5-8/h4-7H,3H2,1-2H3. The summed E-state index contributed by atoms with van der Waals surface area (Å²) in [6, 6.07) is 2.57. The number of Topliss-reactive ketones (excluding diaryl/α,β-unsaturated/α-hetero) is 1. The normalized spacial score (nSPS) is 12.0. The van der Waals surface area contributed by atoms with Crippen molar-refractivity contribution < 1.29 is 23.1 Å². The van der Waals surface area contributed by atoms with E-state index in [-0.39, 0.29) is 12.0 Å². The Morgan fingerprint density at radius 1 is 1.24 bits per heavy atom. The number of esters is 1. The average molecular weight is 242 g/mol. The molecule has 17 heavy (non-hydrogen) atoms. The predicted octanol–water partition coefficient (Wildman–Crippen LogP) is 2.35. The highest BCUT2D eigenvalue weighted by Gasteiger charge is 2.20. The monoisotopic (exact) mass is 242 g/mol. The maximum Gasteiger partial charge on any atom is 0.306 e. The van der Waals surface area contributed by atoms with Crippen LogP contribution in [0.2, 0.25) is 0 Å². The van der Waals surface area contributed by atoms with E-state index in [0.29, 0.717) is 6.07 Å². The second kappa shape index (κ2) is 5.52. The Hall–Kier alpha value is -1.78. The molecule has 1 aromatic rings. The first kappa shape index (κ1) is 13.3. The van der Waals surface area contributed by atoms with Crippen LogP contribution in [0.15, 0.2) is 18.2 Å². The Labute approximate surface area is 97.4 Å². The number of ketones is 1. The van der Waals surface area contributed by atoms with E-state index in [2.05, 4.69) is 4.74 Å². The van der Waals surface area contributed by atoms with Crippen LogP contribution < -0.4 is 0 Å². The second-order valence-corrected chi connectivity index (χ2v) is 3.70. The first-order valence-corrected chi connectivity index (χ1v) is 5.01. The molecule has 0 aliphatic rings. The van der Waals surface area contributed by atoms with Crippen LogP contribution in [0.3, 0.4) is 0 Å². The van der Waals surface area contributed by atoms with Gasteiger partial charge in [0.15, 0.2) is 5.78 Å². The van der Waals surface area contributed by atoms with Crippen molar-refractivity contribution in [3.05, 3.63) is 35.4 Å². The lowest BCUT2D eigenvalue weighted by atomic mass is 9.96. The summed E-state index contributed by atoms with van der Waals surface area (Å²) in [5, 5.41) is 0. The molecule has 5 heteroatoms. The van der Waals surface area contributed by atoms with Crippen LogP contribution in [0.4, 0.5) is 8.78 Å². The number of hydrogen-bond acceptors (Lipinski definition) is 3. The Balaban J connectivity index is 2.85. The van der Waals surface area contributed by atoms with Gasteiger partial charge in [-0.05, 0) is 12.1 Å². The van der Waals surface area contributed by atoms with E-state index in [1.54, 1.807) is 0 Å². The highest BCUT2D eigenvalue weighted by molar-refractivity contribution is 5.99. The maximum atomic E-state index is 12.9. The van der Waals surface area contributed by atoms with Gasteiger partial charge in [-0.1, -0.05) is 6.92 Å². The number of ether oxygens (including phenoxy) is 1. The minimum absolute atomic E-state index is 0.0843. The highest BCUT2D eigenvalue weighted by Crippen LogP contribution is 2.15. The topological polar surface area (TPSA) is 43.4 Å². The van der Waals surface area contributed by atoms with Crippen molar-refractivity contribution in [3.8, 4) is 0 Å². The number of methoxy groups -OCH3 is 1. The van der Waals surface area contributed by atoms with Gasteiger partial charge in [-0.2, -0.15) is 0 Å². The van der Waals surface area contributed by atoms with Crippen molar-refractivity contribution in [2.45, 2.75) is 13.3 Å². The van der Waals surface area contributed by atoms with Crippen molar-refractivity contribution >= 4 is 11.8 Å². The Kier molecular flexibility index (Phi) is 4.31. The van der Waals surface area contributed by atoms with Crippen LogP contribution in [0.5, 0.6) is 0 Å². The smallest absolute Gasteiger partial charge is 0.306 e. The van der Waals surface area contributed by atoms with E-state index >= 15 is 0 Å². The van der Waals surface area contributed by atoms with Gasteiger partial charge in [0.25, 0.3) is 0 Å². The summed E-state index contributed by atoms with van der Waals surface area (Å²) in [4.78, 5) is 22.7. The zero-order chi connectivity index (χ0) is 13.0. The lowest BCUT2D eigenvalue weighted by Crippen LogP contribution is -2.17. The minimum atomic E-state index is -0.821. The van der Waals surface area contributed by atoms with Gasteiger partial charge in [-0.25, -0.2) is 8.78 Å². The zero-order valence-corrected chi connectivity index (χ0v) is 9.50. The summed E-state index contributed by atoms with van der Waals surface area (Å²) in [5.74, 6) is -3.35. The van der Waals surface area contributed by atoms with Gasteiger partial charge in [0.05, 0.1) is 13.5 Å². The Morgan fingerprint density at radius 3 is 2.24 bits per heavy atom. The summed E-state index contributed by atoms with van der Waals surface area (Å²) >= 11 is 0. The van der Waals surface area contributed by atoms with Crippen LogP contribution in [0.25, 0.3) is 0 Å². The maximum absolute atomic E-state index is 12.9. The number of hydrogen-bond donors (Lipinski definition) is 0. The molecule has 0 aromatic heterocycles. The number of benzene rings is 1. The number of carbonyl (C=O) groups excluding carboxylic acids is 2. The van der Waals surface area contributed by atoms with E-state index in [1.807, 2.05) is 0 Å². The fourth-order valence-corrected chi connectivity index (χ4v) is 1.41.